The van der Waals surface area contributed by atoms with Crippen LogP contribution in [0.15, 0.2) is 23.3 Å². The molecule has 0 aliphatic heterocycles. The number of rotatable bonds is 2. The van der Waals surface area contributed by atoms with Gasteiger partial charge in [0.05, 0.1) is 11.5 Å². The summed E-state index contributed by atoms with van der Waals surface area (Å²) in [4.78, 5) is 14.5. The van der Waals surface area contributed by atoms with Crippen LogP contribution in [0.3, 0.4) is 0 Å². The smallest absolute Gasteiger partial charge is 0.192 e. The van der Waals surface area contributed by atoms with Crippen LogP contribution in [0.2, 0.25) is 18.1 Å². The molecule has 2 bridgehead atoms. The Hall–Kier alpha value is -0.673. The molecule has 1 spiro atoms. The van der Waals surface area contributed by atoms with Crippen molar-refractivity contribution in [1.82, 2.24) is 0 Å². The Morgan fingerprint density at radius 2 is 1.79 bits per heavy atom. The van der Waals surface area contributed by atoms with E-state index in [1.165, 1.54) is 17.6 Å². The van der Waals surface area contributed by atoms with Gasteiger partial charge in [-0.05, 0) is 67.0 Å². The zero-order valence-corrected chi connectivity index (χ0v) is 21.3. The quantitative estimate of drug-likeness (QED) is 0.465. The van der Waals surface area contributed by atoms with Gasteiger partial charge in [0.1, 0.15) is 0 Å². The normalized spacial score (nSPS) is 43.6. The molecule has 3 fully saturated rings. The lowest BCUT2D eigenvalue weighted by Crippen LogP contribution is -2.50. The molecule has 0 aromatic carbocycles. The lowest BCUT2D eigenvalue weighted by atomic mass is 9.65. The molecule has 0 amide bonds. The average Bonchev–Trinajstić information content (AvgIpc) is 2.96. The molecule has 0 radical (unpaired) electrons. The van der Waals surface area contributed by atoms with Gasteiger partial charge in [-0.1, -0.05) is 71.8 Å². The van der Waals surface area contributed by atoms with Gasteiger partial charge in [-0.3, -0.25) is 4.79 Å². The summed E-state index contributed by atoms with van der Waals surface area (Å²) < 4.78 is 7.13. The molecule has 0 aromatic rings. The van der Waals surface area contributed by atoms with E-state index in [2.05, 4.69) is 80.6 Å². The van der Waals surface area contributed by atoms with Gasteiger partial charge >= 0.3 is 0 Å². The second-order valence-corrected chi connectivity index (χ2v) is 17.7. The van der Waals surface area contributed by atoms with Crippen LogP contribution < -0.4 is 0 Å². The Balaban J connectivity index is 1.84. The fourth-order valence-corrected chi connectivity index (χ4v) is 8.29. The van der Waals surface area contributed by atoms with Crippen molar-refractivity contribution in [2.45, 2.75) is 92.5 Å². The lowest BCUT2D eigenvalue weighted by molar-refractivity contribution is -0.134. The minimum Gasteiger partial charge on any atom is -0.413 e. The van der Waals surface area contributed by atoms with Crippen LogP contribution in [0.25, 0.3) is 0 Å². The molecule has 162 valence electrons. The van der Waals surface area contributed by atoms with Crippen molar-refractivity contribution in [3.8, 4) is 0 Å². The van der Waals surface area contributed by atoms with Gasteiger partial charge in [0, 0.05) is 5.92 Å². The van der Waals surface area contributed by atoms with E-state index in [4.69, 9.17) is 4.43 Å². The molecule has 3 heteroatoms. The maximum absolute atomic E-state index is 14.5. The van der Waals surface area contributed by atoms with Crippen LogP contribution >= 0.6 is 0 Å². The summed E-state index contributed by atoms with van der Waals surface area (Å²) in [6, 6.07) is 0. The van der Waals surface area contributed by atoms with Gasteiger partial charge in [-0.25, -0.2) is 0 Å². The van der Waals surface area contributed by atoms with Gasteiger partial charge in [0.15, 0.2) is 14.1 Å². The maximum atomic E-state index is 14.5. The Kier molecular flexibility index (Phi) is 4.60. The fraction of sp³-hybridized carbons (Fsp3) is 0.808. The summed E-state index contributed by atoms with van der Waals surface area (Å²) in [6.07, 6.45) is 6.89. The largest absolute Gasteiger partial charge is 0.413 e. The number of hydrogen-bond acceptors (Lipinski definition) is 2. The Labute approximate surface area is 179 Å². The second kappa shape index (κ2) is 6.19. The number of Topliss-reactive ketones (excluding diaryl/α,β-unsaturated/α-hetero) is 1. The Morgan fingerprint density at radius 3 is 2.38 bits per heavy atom. The molecule has 0 unspecified atom stereocenters. The standard InChI is InChI=1S/C26H42O2Si/c1-15-11-18-12-16(2)22(28-29(9,10)24(4,5)6)20-21-19(25(21,7)8)13-17(3)26(18,14-15)23(20)27/h11,14,16-17,19-22H,12-13H2,1-10H3/t16-,17-,19-,20-,21-,22-,26-/m1/s1. The van der Waals surface area contributed by atoms with Crippen molar-refractivity contribution in [2.75, 3.05) is 0 Å². The molecule has 3 saturated carbocycles. The SMILES string of the molecule is CC1=C[C@]23C(=O)[C@@H]([C@H](O[Si](C)(C)C(C)(C)C)[C@H](C)CC2=C1)[C@H]1[C@@H](C[C@H]3C)C1(C)C. The third kappa shape index (κ3) is 2.86. The van der Waals surface area contributed by atoms with E-state index >= 15 is 0 Å². The van der Waals surface area contributed by atoms with E-state index in [1.54, 1.807) is 0 Å². The highest BCUT2D eigenvalue weighted by atomic mass is 28.4. The van der Waals surface area contributed by atoms with Gasteiger partial charge in [0.25, 0.3) is 0 Å². The highest BCUT2D eigenvalue weighted by Gasteiger charge is 2.70. The van der Waals surface area contributed by atoms with Gasteiger partial charge in [-0.15, -0.1) is 0 Å². The van der Waals surface area contributed by atoms with E-state index in [0.717, 1.165) is 6.42 Å². The predicted octanol–water partition coefficient (Wildman–Crippen LogP) is 6.79. The molecule has 4 aliphatic carbocycles. The van der Waals surface area contributed by atoms with Crippen LogP contribution in [0.1, 0.15) is 68.2 Å². The number of hydrogen-bond donors (Lipinski definition) is 0. The number of allylic oxidation sites excluding steroid dienone is 4. The fourth-order valence-electron chi connectivity index (χ4n) is 6.88. The molecule has 4 aliphatic rings. The lowest BCUT2D eigenvalue weighted by Gasteiger charge is -2.43. The maximum Gasteiger partial charge on any atom is 0.192 e. The molecule has 0 aromatic heterocycles. The Morgan fingerprint density at radius 1 is 1.17 bits per heavy atom. The predicted molar refractivity (Wildman–Crippen MR) is 123 cm³/mol. The minimum atomic E-state index is -1.97. The molecular formula is C26H42O2Si. The van der Waals surface area contributed by atoms with Crippen molar-refractivity contribution < 1.29 is 9.22 Å². The first kappa shape index (κ1) is 21.6. The third-order valence-corrected chi connectivity index (χ3v) is 14.2. The third-order valence-electron chi connectivity index (χ3n) is 9.70. The average molecular weight is 415 g/mol. The monoisotopic (exact) mass is 414 g/mol. The van der Waals surface area contributed by atoms with Crippen LogP contribution in [0, 0.1) is 40.4 Å². The van der Waals surface area contributed by atoms with Gasteiger partial charge < -0.3 is 4.43 Å². The molecule has 4 rings (SSSR count). The Bertz CT molecular complexity index is 796. The summed E-state index contributed by atoms with van der Waals surface area (Å²) in [5.41, 5.74) is 2.56. The first-order valence-corrected chi connectivity index (χ1v) is 14.7. The van der Waals surface area contributed by atoms with Crippen molar-refractivity contribution in [2.24, 2.45) is 40.4 Å². The molecule has 0 N–H and O–H groups in total. The zero-order valence-electron chi connectivity index (χ0n) is 20.3. The summed E-state index contributed by atoms with van der Waals surface area (Å²) >= 11 is 0. The van der Waals surface area contributed by atoms with E-state index in [1.807, 2.05) is 0 Å². The van der Waals surface area contributed by atoms with Crippen molar-refractivity contribution in [1.29, 1.82) is 0 Å². The van der Waals surface area contributed by atoms with Crippen LogP contribution in [-0.4, -0.2) is 20.2 Å². The van der Waals surface area contributed by atoms with Crippen molar-refractivity contribution in [3.05, 3.63) is 23.3 Å². The molecule has 7 atom stereocenters. The van der Waals surface area contributed by atoms with E-state index in [-0.39, 0.29) is 27.9 Å². The van der Waals surface area contributed by atoms with Gasteiger partial charge in [0.2, 0.25) is 0 Å². The van der Waals surface area contributed by atoms with Crippen molar-refractivity contribution in [3.63, 3.8) is 0 Å². The summed E-state index contributed by atoms with van der Waals surface area (Å²) in [5, 5.41) is 0.155. The summed E-state index contributed by atoms with van der Waals surface area (Å²) in [7, 11) is -1.97. The first-order chi connectivity index (χ1) is 13.1. The van der Waals surface area contributed by atoms with Crippen LogP contribution in [-0.2, 0) is 9.22 Å². The van der Waals surface area contributed by atoms with Crippen LogP contribution in [0.5, 0.6) is 0 Å². The summed E-state index contributed by atoms with van der Waals surface area (Å²) in [5.74, 6) is 2.42. The second-order valence-electron chi connectivity index (χ2n) is 12.9. The number of ketones is 1. The van der Waals surface area contributed by atoms with E-state index in [9.17, 15) is 4.79 Å². The molecule has 0 saturated heterocycles. The first-order valence-electron chi connectivity index (χ1n) is 11.8. The van der Waals surface area contributed by atoms with Crippen molar-refractivity contribution >= 4 is 14.1 Å². The minimum absolute atomic E-state index is 0.0390. The highest BCUT2D eigenvalue weighted by Crippen LogP contribution is 2.71. The van der Waals surface area contributed by atoms with Crippen LogP contribution in [0.4, 0.5) is 0 Å². The number of carbonyl (C=O) groups is 1. The molecular weight excluding hydrogens is 372 g/mol. The molecule has 0 heterocycles. The highest BCUT2D eigenvalue weighted by molar-refractivity contribution is 6.74. The summed E-state index contributed by atoms with van der Waals surface area (Å²) in [6.45, 7) is 23.3. The van der Waals surface area contributed by atoms with Gasteiger partial charge in [-0.2, -0.15) is 0 Å². The van der Waals surface area contributed by atoms with E-state index < -0.39 is 8.32 Å². The zero-order chi connectivity index (χ0) is 21.7. The number of carbonyl (C=O) groups excluding carboxylic acids is 1. The number of fused-ring (bicyclic) bond motifs is 3. The van der Waals surface area contributed by atoms with E-state index in [0.29, 0.717) is 29.5 Å². The topological polar surface area (TPSA) is 26.3 Å². The molecule has 2 nitrogen and oxygen atoms in total. The molecule has 29 heavy (non-hydrogen) atoms.